The Morgan fingerprint density at radius 1 is 0.893 bits per heavy atom. The Balaban J connectivity index is 1.84. The van der Waals surface area contributed by atoms with Crippen molar-refractivity contribution in [2.75, 3.05) is 7.11 Å². The van der Waals surface area contributed by atoms with Gasteiger partial charge >= 0.3 is 5.97 Å². The molecule has 144 valence electrons. The van der Waals surface area contributed by atoms with Crippen molar-refractivity contribution in [1.29, 1.82) is 0 Å². The number of aliphatic hydroxyl groups is 1. The number of carbonyl (C=O) groups excluding carboxylic acids is 1. The number of aryl methyl sites for hydroxylation is 1. The highest BCUT2D eigenvalue weighted by Crippen LogP contribution is 2.29. The van der Waals surface area contributed by atoms with E-state index in [4.69, 9.17) is 9.47 Å². The number of benzene rings is 3. The Labute approximate surface area is 165 Å². The Kier molecular flexibility index (Phi) is 6.58. The van der Waals surface area contributed by atoms with E-state index < -0.39 is 0 Å². The molecule has 0 aromatic heterocycles. The van der Waals surface area contributed by atoms with Crippen LogP contribution in [-0.4, -0.2) is 18.2 Å². The first-order chi connectivity index (χ1) is 13.6. The number of methoxy groups -OCH3 is 1. The first-order valence-corrected chi connectivity index (χ1v) is 9.16. The normalized spacial score (nSPS) is 10.7. The predicted octanol–water partition coefficient (Wildman–Crippen LogP) is 4.66. The molecule has 3 rings (SSSR count). The summed E-state index contributed by atoms with van der Waals surface area (Å²) in [5, 5.41) is 9.43. The van der Waals surface area contributed by atoms with Crippen LogP contribution in [0.4, 0.5) is 0 Å². The molecule has 1 N–H and O–H groups in total. The van der Waals surface area contributed by atoms with Crippen LogP contribution in [0.3, 0.4) is 0 Å². The van der Waals surface area contributed by atoms with Crippen LogP contribution in [0.2, 0.25) is 0 Å². The number of esters is 1. The second-order valence-electron chi connectivity index (χ2n) is 6.61. The Bertz CT molecular complexity index is 962. The fourth-order valence-electron chi connectivity index (χ4n) is 3.20. The molecule has 0 aliphatic heterocycles. The minimum atomic E-state index is -0.359. The molecule has 3 aromatic carbocycles. The third-order valence-corrected chi connectivity index (χ3v) is 4.74. The molecule has 4 nitrogen and oxygen atoms in total. The zero-order valence-electron chi connectivity index (χ0n) is 16.1. The molecule has 0 fully saturated rings. The van der Waals surface area contributed by atoms with Crippen LogP contribution in [0.15, 0.2) is 66.7 Å². The second kappa shape index (κ2) is 9.31. The van der Waals surface area contributed by atoms with Crippen LogP contribution in [0.25, 0.3) is 11.1 Å². The molecule has 0 spiro atoms. The van der Waals surface area contributed by atoms with E-state index in [2.05, 4.69) is 0 Å². The quantitative estimate of drug-likeness (QED) is 0.610. The first-order valence-electron chi connectivity index (χ1n) is 9.16. The van der Waals surface area contributed by atoms with Crippen molar-refractivity contribution in [3.63, 3.8) is 0 Å². The smallest absolute Gasteiger partial charge is 0.338 e. The maximum Gasteiger partial charge on any atom is 0.338 e. The van der Waals surface area contributed by atoms with Crippen LogP contribution >= 0.6 is 0 Å². The lowest BCUT2D eigenvalue weighted by Gasteiger charge is -2.14. The van der Waals surface area contributed by atoms with Crippen molar-refractivity contribution in [3.8, 4) is 11.1 Å². The van der Waals surface area contributed by atoms with Crippen molar-refractivity contribution in [2.45, 2.75) is 26.7 Å². The highest BCUT2D eigenvalue weighted by molar-refractivity contribution is 5.97. The van der Waals surface area contributed by atoms with Gasteiger partial charge in [-0.2, -0.15) is 0 Å². The fourth-order valence-corrected chi connectivity index (χ4v) is 3.20. The summed E-state index contributed by atoms with van der Waals surface area (Å²) in [5.74, 6) is -0.359. The van der Waals surface area contributed by atoms with Gasteiger partial charge in [0.1, 0.15) is 0 Å². The Morgan fingerprint density at radius 3 is 2.32 bits per heavy atom. The van der Waals surface area contributed by atoms with Gasteiger partial charge in [0, 0.05) is 0 Å². The molecular weight excluding hydrogens is 352 g/mol. The maximum atomic E-state index is 12.2. The van der Waals surface area contributed by atoms with Crippen molar-refractivity contribution in [2.24, 2.45) is 0 Å². The van der Waals surface area contributed by atoms with Crippen molar-refractivity contribution in [3.05, 3.63) is 94.5 Å². The summed E-state index contributed by atoms with van der Waals surface area (Å²) in [6.07, 6.45) is 0. The van der Waals surface area contributed by atoms with Crippen molar-refractivity contribution >= 4 is 5.97 Å². The molecule has 4 heteroatoms. The van der Waals surface area contributed by atoms with Crippen LogP contribution in [0.5, 0.6) is 0 Å². The number of hydrogen-bond donors (Lipinski definition) is 1. The number of rotatable bonds is 7. The van der Waals surface area contributed by atoms with E-state index >= 15 is 0 Å². The largest absolute Gasteiger partial charge is 0.465 e. The van der Waals surface area contributed by atoms with Gasteiger partial charge in [0.05, 0.1) is 32.5 Å². The van der Waals surface area contributed by atoms with E-state index in [9.17, 15) is 9.90 Å². The topological polar surface area (TPSA) is 55.8 Å². The van der Waals surface area contributed by atoms with Gasteiger partial charge in [-0.25, -0.2) is 4.79 Å². The van der Waals surface area contributed by atoms with E-state index in [0.29, 0.717) is 18.8 Å². The molecule has 0 amide bonds. The minimum absolute atomic E-state index is 0.00914. The fraction of sp³-hybridized carbons (Fsp3) is 0.208. The maximum absolute atomic E-state index is 12.2. The lowest BCUT2D eigenvalue weighted by molar-refractivity contribution is 0.0601. The van der Waals surface area contributed by atoms with E-state index in [1.54, 1.807) is 6.07 Å². The molecular formula is C24H24O4. The first kappa shape index (κ1) is 19.8. The lowest BCUT2D eigenvalue weighted by atomic mass is 9.94. The minimum Gasteiger partial charge on any atom is -0.465 e. The standard InChI is InChI=1S/C24H24O4/c1-17-7-3-6-10-21(17)23-13-18(11-12-22(23)24(26)27-2)15-28-16-20-9-5-4-8-19(20)14-25/h3-13,25H,14-16H2,1-2H3. The molecule has 0 aliphatic rings. The molecule has 0 atom stereocenters. The molecule has 0 saturated carbocycles. The van der Waals surface area contributed by atoms with Crippen molar-refractivity contribution in [1.82, 2.24) is 0 Å². The molecule has 28 heavy (non-hydrogen) atoms. The van der Waals surface area contributed by atoms with Gasteiger partial charge in [0.2, 0.25) is 0 Å². The van der Waals surface area contributed by atoms with Crippen molar-refractivity contribution < 1.29 is 19.4 Å². The molecule has 0 heterocycles. The van der Waals surface area contributed by atoms with Gasteiger partial charge in [-0.05, 0) is 52.4 Å². The molecule has 0 bridgehead atoms. The SMILES string of the molecule is COC(=O)c1ccc(COCc2ccccc2CO)cc1-c1ccccc1C. The van der Waals surface area contributed by atoms with E-state index in [-0.39, 0.29) is 12.6 Å². The average molecular weight is 376 g/mol. The number of carbonyl (C=O) groups is 1. The molecule has 0 saturated heterocycles. The third-order valence-electron chi connectivity index (χ3n) is 4.74. The monoisotopic (exact) mass is 376 g/mol. The summed E-state index contributed by atoms with van der Waals surface area (Å²) in [7, 11) is 1.39. The third kappa shape index (κ3) is 4.47. The lowest BCUT2D eigenvalue weighted by Crippen LogP contribution is -2.05. The Morgan fingerprint density at radius 2 is 1.61 bits per heavy atom. The highest BCUT2D eigenvalue weighted by Gasteiger charge is 2.15. The zero-order chi connectivity index (χ0) is 19.9. The molecule has 0 unspecified atom stereocenters. The molecule has 0 radical (unpaired) electrons. The number of ether oxygens (including phenoxy) is 2. The molecule has 0 aliphatic carbocycles. The summed E-state index contributed by atoms with van der Waals surface area (Å²) in [5.41, 5.74) is 6.25. The number of aliphatic hydroxyl groups excluding tert-OH is 1. The van der Waals surface area contributed by atoms with Crippen LogP contribution in [0, 0.1) is 6.92 Å². The van der Waals surface area contributed by atoms with E-state index in [1.165, 1.54) is 7.11 Å². The van der Waals surface area contributed by atoms with Gasteiger partial charge in [0.25, 0.3) is 0 Å². The van der Waals surface area contributed by atoms with Gasteiger partial charge in [-0.1, -0.05) is 54.6 Å². The predicted molar refractivity (Wildman–Crippen MR) is 109 cm³/mol. The van der Waals surface area contributed by atoms with Gasteiger partial charge in [-0.3, -0.25) is 0 Å². The Hall–Kier alpha value is -2.95. The van der Waals surface area contributed by atoms with E-state index in [0.717, 1.165) is 33.4 Å². The van der Waals surface area contributed by atoms with Crippen LogP contribution < -0.4 is 0 Å². The second-order valence-corrected chi connectivity index (χ2v) is 6.61. The van der Waals surface area contributed by atoms with E-state index in [1.807, 2.05) is 67.6 Å². The highest BCUT2D eigenvalue weighted by atomic mass is 16.5. The zero-order valence-corrected chi connectivity index (χ0v) is 16.1. The van der Waals surface area contributed by atoms with Crippen LogP contribution in [-0.2, 0) is 29.3 Å². The number of hydrogen-bond acceptors (Lipinski definition) is 4. The van der Waals surface area contributed by atoms with Gasteiger partial charge < -0.3 is 14.6 Å². The molecule has 3 aromatic rings. The van der Waals surface area contributed by atoms with Gasteiger partial charge in [-0.15, -0.1) is 0 Å². The summed E-state index contributed by atoms with van der Waals surface area (Å²) in [6.45, 7) is 2.82. The average Bonchev–Trinajstić information content (AvgIpc) is 2.74. The summed E-state index contributed by atoms with van der Waals surface area (Å²) in [6, 6.07) is 21.3. The summed E-state index contributed by atoms with van der Waals surface area (Å²) < 4.78 is 10.8. The van der Waals surface area contributed by atoms with Crippen LogP contribution in [0.1, 0.15) is 32.6 Å². The van der Waals surface area contributed by atoms with Gasteiger partial charge in [0.15, 0.2) is 0 Å². The summed E-state index contributed by atoms with van der Waals surface area (Å²) >= 11 is 0. The summed E-state index contributed by atoms with van der Waals surface area (Å²) in [4.78, 5) is 12.2.